The Bertz CT molecular complexity index is 427. The molecule has 0 aliphatic rings. The van der Waals surface area contributed by atoms with Crippen molar-refractivity contribution in [3.63, 3.8) is 0 Å². The lowest BCUT2D eigenvalue weighted by molar-refractivity contribution is -0.136. The summed E-state index contributed by atoms with van der Waals surface area (Å²) in [4.78, 5) is 4.02. The normalized spacial score (nSPS) is 12.7. The number of nitrogens with one attached hydrogen (secondary N) is 2. The number of rotatable bonds is 2. The average molecular weight is 260 g/mol. The number of anilines is 1. The summed E-state index contributed by atoms with van der Waals surface area (Å²) in [5.74, 6) is 5.29. The molecule has 4 N–H and O–H groups in total. The molecule has 0 radical (unpaired) electrons. The molecule has 0 spiro atoms. The van der Waals surface area contributed by atoms with Crippen molar-refractivity contribution in [3.05, 3.63) is 29.8 Å². The van der Waals surface area contributed by atoms with Crippen LogP contribution in [-0.2, 0) is 6.18 Å². The van der Waals surface area contributed by atoms with Gasteiger partial charge in [0.05, 0.1) is 11.3 Å². The molecular weight excluding hydrogens is 245 g/mol. The first-order chi connectivity index (χ1) is 8.34. The summed E-state index contributed by atoms with van der Waals surface area (Å²) in [5.41, 5.74) is 1.37. The van der Waals surface area contributed by atoms with Crippen LogP contribution < -0.4 is 16.6 Å². The van der Waals surface area contributed by atoms with Crippen molar-refractivity contribution in [2.24, 2.45) is 10.8 Å². The fourth-order valence-electron chi connectivity index (χ4n) is 1.33. The third-order valence-corrected chi connectivity index (χ3v) is 2.01. The number of halogens is 3. The Balaban J connectivity index is 3.04. The van der Waals surface area contributed by atoms with Crippen molar-refractivity contribution in [2.45, 2.75) is 26.1 Å². The highest BCUT2D eigenvalue weighted by atomic mass is 19.4. The molecule has 100 valence electrons. The number of nitrogens with zero attached hydrogens (tertiary/aromatic N) is 1. The lowest BCUT2D eigenvalue weighted by Crippen LogP contribution is -2.37. The molecule has 0 unspecified atom stereocenters. The number of guanidine groups is 1. The summed E-state index contributed by atoms with van der Waals surface area (Å²) in [7, 11) is 0. The molecule has 0 saturated carbocycles. The average Bonchev–Trinajstić information content (AvgIpc) is 2.26. The molecule has 0 heterocycles. The molecule has 0 atom stereocenters. The van der Waals surface area contributed by atoms with E-state index in [1.807, 2.05) is 0 Å². The Morgan fingerprint density at radius 1 is 1.28 bits per heavy atom. The van der Waals surface area contributed by atoms with Crippen molar-refractivity contribution >= 4 is 11.6 Å². The molecule has 0 aliphatic carbocycles. The molecule has 0 fully saturated rings. The van der Waals surface area contributed by atoms with Crippen molar-refractivity contribution in [1.29, 1.82) is 0 Å². The zero-order valence-corrected chi connectivity index (χ0v) is 10.0. The highest BCUT2D eigenvalue weighted by molar-refractivity contribution is 5.94. The summed E-state index contributed by atoms with van der Waals surface area (Å²) in [6.07, 6.45) is -4.43. The Labute approximate surface area is 103 Å². The van der Waals surface area contributed by atoms with Crippen LogP contribution in [0, 0.1) is 0 Å². The molecule has 1 aromatic carbocycles. The molecule has 0 saturated heterocycles. The third-order valence-electron chi connectivity index (χ3n) is 2.01. The van der Waals surface area contributed by atoms with Gasteiger partial charge in [0.2, 0.25) is 5.96 Å². The van der Waals surface area contributed by atoms with Gasteiger partial charge in [-0.25, -0.2) is 10.8 Å². The lowest BCUT2D eigenvalue weighted by atomic mass is 10.1. The first-order valence-corrected chi connectivity index (χ1v) is 5.32. The van der Waals surface area contributed by atoms with Crippen LogP contribution in [0.5, 0.6) is 0 Å². The van der Waals surface area contributed by atoms with Gasteiger partial charge in [0.25, 0.3) is 0 Å². The second-order valence-electron chi connectivity index (χ2n) is 3.88. The van der Waals surface area contributed by atoms with Gasteiger partial charge in [-0.2, -0.15) is 13.2 Å². The fraction of sp³-hybridized carbons (Fsp3) is 0.364. The monoisotopic (exact) mass is 260 g/mol. The van der Waals surface area contributed by atoms with Gasteiger partial charge < -0.3 is 5.32 Å². The van der Waals surface area contributed by atoms with E-state index < -0.39 is 11.7 Å². The van der Waals surface area contributed by atoms with Crippen molar-refractivity contribution in [2.75, 3.05) is 5.32 Å². The number of nitrogens with two attached hydrogens (primary N) is 1. The third kappa shape index (κ3) is 3.92. The number of hydrazine groups is 1. The van der Waals surface area contributed by atoms with Crippen molar-refractivity contribution in [3.8, 4) is 0 Å². The fourth-order valence-corrected chi connectivity index (χ4v) is 1.33. The van der Waals surface area contributed by atoms with E-state index in [0.29, 0.717) is 0 Å². The number of hydrogen-bond acceptors (Lipinski definition) is 2. The predicted molar refractivity (Wildman–Crippen MR) is 65.0 cm³/mol. The van der Waals surface area contributed by atoms with Crippen LogP contribution in [0.3, 0.4) is 0 Å². The second-order valence-corrected chi connectivity index (χ2v) is 3.88. The van der Waals surface area contributed by atoms with Gasteiger partial charge in [-0.3, -0.25) is 5.43 Å². The van der Waals surface area contributed by atoms with Crippen LogP contribution in [0.2, 0.25) is 0 Å². The van der Waals surface area contributed by atoms with E-state index in [4.69, 9.17) is 5.84 Å². The maximum atomic E-state index is 12.7. The van der Waals surface area contributed by atoms with E-state index >= 15 is 0 Å². The minimum absolute atomic E-state index is 0.0849. The highest BCUT2D eigenvalue weighted by Gasteiger charge is 2.33. The van der Waals surface area contributed by atoms with Crippen LogP contribution in [0.1, 0.15) is 19.4 Å². The maximum Gasteiger partial charge on any atom is 0.418 e. The zero-order chi connectivity index (χ0) is 13.8. The molecule has 0 bridgehead atoms. The molecule has 7 heteroatoms. The molecule has 0 amide bonds. The maximum absolute atomic E-state index is 12.7. The van der Waals surface area contributed by atoms with E-state index in [1.165, 1.54) is 18.2 Å². The van der Waals surface area contributed by atoms with Crippen molar-refractivity contribution in [1.82, 2.24) is 5.43 Å². The molecule has 18 heavy (non-hydrogen) atoms. The summed E-state index contributed by atoms with van der Waals surface area (Å²) in [6, 6.07) is 5.04. The predicted octanol–water partition coefficient (Wildman–Crippen LogP) is 2.34. The molecular formula is C11H15F3N4. The summed E-state index contributed by atoms with van der Waals surface area (Å²) in [6.45, 7) is 3.57. The number of hydrogen-bond donors (Lipinski definition) is 3. The Hall–Kier alpha value is -1.76. The summed E-state index contributed by atoms with van der Waals surface area (Å²) in [5, 5.41) is 2.53. The molecule has 0 aliphatic heterocycles. The first kappa shape index (κ1) is 14.3. The van der Waals surface area contributed by atoms with E-state index in [-0.39, 0.29) is 17.7 Å². The number of alkyl halides is 3. The lowest BCUT2D eigenvalue weighted by Gasteiger charge is -2.15. The van der Waals surface area contributed by atoms with Crippen molar-refractivity contribution < 1.29 is 13.2 Å². The first-order valence-electron chi connectivity index (χ1n) is 5.32. The van der Waals surface area contributed by atoms with Gasteiger partial charge in [0.15, 0.2) is 0 Å². The smallest absolute Gasteiger partial charge is 0.325 e. The van der Waals surface area contributed by atoms with E-state index in [1.54, 1.807) is 13.8 Å². The standard InChI is InChI=1S/C11H15F3N4/c1-7(2)16-10(18-15)17-9-6-4-3-5-8(9)11(12,13)14/h3-7H,15H2,1-2H3,(H2,16,17,18). The van der Waals surface area contributed by atoms with Crippen LogP contribution in [0.25, 0.3) is 0 Å². The van der Waals surface area contributed by atoms with Crippen LogP contribution in [-0.4, -0.2) is 12.0 Å². The van der Waals surface area contributed by atoms with Gasteiger partial charge in [0.1, 0.15) is 0 Å². The Morgan fingerprint density at radius 3 is 2.39 bits per heavy atom. The highest BCUT2D eigenvalue weighted by Crippen LogP contribution is 2.34. The molecule has 1 aromatic rings. The number of para-hydroxylation sites is 1. The summed E-state index contributed by atoms with van der Waals surface area (Å²) >= 11 is 0. The van der Waals surface area contributed by atoms with Crippen LogP contribution in [0.15, 0.2) is 29.3 Å². The zero-order valence-electron chi connectivity index (χ0n) is 10.0. The molecule has 0 aromatic heterocycles. The minimum Gasteiger partial charge on any atom is -0.325 e. The van der Waals surface area contributed by atoms with E-state index in [2.05, 4.69) is 15.7 Å². The Kier molecular flexibility index (Phi) is 4.55. The SMILES string of the molecule is CC(C)N=C(NN)Nc1ccccc1C(F)(F)F. The second kappa shape index (κ2) is 5.72. The van der Waals surface area contributed by atoms with Crippen LogP contribution in [0.4, 0.5) is 18.9 Å². The topological polar surface area (TPSA) is 62.4 Å². The Morgan fingerprint density at radius 2 is 1.89 bits per heavy atom. The number of aliphatic imine (C=N–C) groups is 1. The van der Waals surface area contributed by atoms with Gasteiger partial charge in [-0.05, 0) is 26.0 Å². The van der Waals surface area contributed by atoms with Gasteiger partial charge >= 0.3 is 6.18 Å². The molecule has 1 rings (SSSR count). The largest absolute Gasteiger partial charge is 0.418 e. The van der Waals surface area contributed by atoms with E-state index in [0.717, 1.165) is 6.07 Å². The quantitative estimate of drug-likeness (QED) is 0.331. The number of benzene rings is 1. The summed E-state index contributed by atoms with van der Waals surface area (Å²) < 4.78 is 38.2. The molecule has 4 nitrogen and oxygen atoms in total. The minimum atomic E-state index is -4.43. The van der Waals surface area contributed by atoms with Gasteiger partial charge in [-0.1, -0.05) is 12.1 Å². The van der Waals surface area contributed by atoms with E-state index in [9.17, 15) is 13.2 Å². The van der Waals surface area contributed by atoms with Crippen LogP contribution >= 0.6 is 0 Å². The van der Waals surface area contributed by atoms with Gasteiger partial charge in [-0.15, -0.1) is 0 Å². The van der Waals surface area contributed by atoms with Gasteiger partial charge in [0, 0.05) is 6.04 Å².